The summed E-state index contributed by atoms with van der Waals surface area (Å²) < 4.78 is 2.86. The van der Waals surface area contributed by atoms with Crippen LogP contribution in [-0.2, 0) is 6.42 Å². The quantitative estimate of drug-likeness (QED) is 0.820. The molecule has 0 atom stereocenters. The van der Waals surface area contributed by atoms with Crippen molar-refractivity contribution in [3.8, 4) is 0 Å². The zero-order chi connectivity index (χ0) is 14.9. The molecule has 2 heterocycles. The van der Waals surface area contributed by atoms with Crippen LogP contribution in [0.15, 0.2) is 12.1 Å². The van der Waals surface area contributed by atoms with E-state index in [0.29, 0.717) is 0 Å². The van der Waals surface area contributed by atoms with E-state index in [9.17, 15) is 0 Å². The number of aryl methyl sites for hydroxylation is 2. The highest BCUT2D eigenvalue weighted by Gasteiger charge is 2.14. The molecule has 0 aliphatic carbocycles. The van der Waals surface area contributed by atoms with Gasteiger partial charge in [0.1, 0.15) is 5.69 Å². The first-order chi connectivity index (χ1) is 9.33. The summed E-state index contributed by atoms with van der Waals surface area (Å²) in [6.45, 7) is 6.07. The van der Waals surface area contributed by atoms with Gasteiger partial charge in [-0.05, 0) is 25.0 Å². The summed E-state index contributed by atoms with van der Waals surface area (Å²) in [5.41, 5.74) is 10.4. The summed E-state index contributed by atoms with van der Waals surface area (Å²) in [4.78, 5) is 0. The third-order valence-electron chi connectivity index (χ3n) is 3.54. The molecule has 3 N–H and O–H groups in total. The van der Waals surface area contributed by atoms with Gasteiger partial charge in [0.25, 0.3) is 0 Å². The summed E-state index contributed by atoms with van der Waals surface area (Å²) in [5, 5.41) is 7.98. The molecule has 0 aliphatic heterocycles. The van der Waals surface area contributed by atoms with Crippen LogP contribution in [0.25, 0.3) is 5.52 Å². The van der Waals surface area contributed by atoms with Crippen LogP contribution in [0.3, 0.4) is 0 Å². The van der Waals surface area contributed by atoms with Gasteiger partial charge in [0.2, 0.25) is 0 Å². The highest BCUT2D eigenvalue weighted by atomic mass is 15.3. The number of hydrogen-bond donors (Lipinski definition) is 2. The molecule has 20 heavy (non-hydrogen) atoms. The zero-order valence-electron chi connectivity index (χ0n) is 13.2. The lowest BCUT2D eigenvalue weighted by molar-refractivity contribution is -0.868. The van der Waals surface area contributed by atoms with E-state index in [4.69, 9.17) is 5.73 Å². The lowest BCUT2D eigenvalue weighted by atomic mass is 10.1. The number of pyridine rings is 1. The van der Waals surface area contributed by atoms with Crippen LogP contribution in [0.1, 0.15) is 18.2 Å². The Morgan fingerprint density at radius 3 is 2.60 bits per heavy atom. The van der Waals surface area contributed by atoms with Crippen molar-refractivity contribution < 1.29 is 4.48 Å². The molecule has 0 radical (unpaired) electrons. The van der Waals surface area contributed by atoms with E-state index >= 15 is 0 Å². The molecule has 0 saturated carbocycles. The average molecular weight is 276 g/mol. The number of nitrogens with one attached hydrogen (secondary N) is 1. The molecule has 0 fully saturated rings. The molecule has 0 spiro atoms. The minimum atomic E-state index is 0.756. The number of nitrogens with zero attached hydrogens (tertiary/aromatic N) is 3. The number of likely N-dealkylation sites (N-methyl/N-ethyl adjacent to an activating group) is 1. The van der Waals surface area contributed by atoms with Gasteiger partial charge in [-0.2, -0.15) is 0 Å². The van der Waals surface area contributed by atoms with Gasteiger partial charge in [-0.1, -0.05) is 13.0 Å². The van der Waals surface area contributed by atoms with E-state index in [1.54, 1.807) is 0 Å². The third kappa shape index (κ3) is 2.88. The topological polar surface area (TPSA) is 55.3 Å². The van der Waals surface area contributed by atoms with Crippen LogP contribution < -0.4 is 11.1 Å². The molecule has 5 heteroatoms. The maximum atomic E-state index is 6.28. The van der Waals surface area contributed by atoms with E-state index in [1.807, 2.05) is 4.52 Å². The van der Waals surface area contributed by atoms with Crippen molar-refractivity contribution in [2.24, 2.45) is 0 Å². The van der Waals surface area contributed by atoms with Crippen molar-refractivity contribution in [1.29, 1.82) is 0 Å². The second-order valence-electron chi connectivity index (χ2n) is 6.32. The fourth-order valence-electron chi connectivity index (χ4n) is 2.29. The van der Waals surface area contributed by atoms with Gasteiger partial charge < -0.3 is 15.5 Å². The monoisotopic (exact) mass is 276 g/mol. The van der Waals surface area contributed by atoms with Gasteiger partial charge >= 0.3 is 0 Å². The number of hydrogen-bond acceptors (Lipinski definition) is 3. The van der Waals surface area contributed by atoms with Gasteiger partial charge in [-0.15, -0.1) is 5.10 Å². The molecule has 110 valence electrons. The number of nitrogen functional groups attached to an aromatic ring is 1. The van der Waals surface area contributed by atoms with Crippen LogP contribution in [0.5, 0.6) is 0 Å². The fraction of sp³-hybridized carbons (Fsp3) is 0.533. The van der Waals surface area contributed by atoms with Crippen molar-refractivity contribution in [2.75, 3.05) is 45.3 Å². The maximum Gasteiger partial charge on any atom is 0.172 e. The lowest BCUT2D eigenvalue weighted by Crippen LogP contribution is -2.38. The van der Waals surface area contributed by atoms with E-state index in [2.05, 4.69) is 57.5 Å². The Morgan fingerprint density at radius 2 is 2.00 bits per heavy atom. The number of nitrogens with two attached hydrogens (primary N) is 1. The molecular weight excluding hydrogens is 250 g/mol. The largest absolute Gasteiger partial charge is 0.394 e. The maximum absolute atomic E-state index is 6.28. The van der Waals surface area contributed by atoms with Crippen LogP contribution in [0.2, 0.25) is 0 Å². The molecule has 5 nitrogen and oxygen atoms in total. The molecule has 2 aromatic rings. The number of anilines is 2. The minimum absolute atomic E-state index is 0.756. The van der Waals surface area contributed by atoms with Crippen molar-refractivity contribution >= 4 is 17.0 Å². The summed E-state index contributed by atoms with van der Waals surface area (Å²) >= 11 is 0. The second-order valence-corrected chi connectivity index (χ2v) is 6.32. The van der Waals surface area contributed by atoms with Crippen molar-refractivity contribution in [3.05, 3.63) is 23.4 Å². The van der Waals surface area contributed by atoms with Gasteiger partial charge in [0.15, 0.2) is 5.82 Å². The van der Waals surface area contributed by atoms with E-state index in [-0.39, 0.29) is 0 Å². The number of quaternary nitrogens is 1. The van der Waals surface area contributed by atoms with Gasteiger partial charge in [0, 0.05) is 5.69 Å². The first kappa shape index (κ1) is 14.7. The van der Waals surface area contributed by atoms with Crippen molar-refractivity contribution in [3.63, 3.8) is 0 Å². The number of rotatable bonds is 5. The van der Waals surface area contributed by atoms with Crippen LogP contribution >= 0.6 is 0 Å². The summed E-state index contributed by atoms with van der Waals surface area (Å²) in [6, 6.07) is 4.23. The van der Waals surface area contributed by atoms with Gasteiger partial charge in [-0.25, -0.2) is 4.52 Å². The standard InChI is InChI=1S/C15H26N5/c1-6-12-8-7-11(2)19-14(12)13(16)15(18-19)17-9-10-20(3,4)5/h7-8H,6,9-10,16H2,1-5H3,(H,17,18)/q+1. The molecule has 2 rings (SSSR count). The summed E-state index contributed by atoms with van der Waals surface area (Å²) in [6.07, 6.45) is 0.956. The Morgan fingerprint density at radius 1 is 1.30 bits per heavy atom. The predicted octanol–water partition coefficient (Wildman–Crippen LogP) is 1.91. The predicted molar refractivity (Wildman–Crippen MR) is 85.1 cm³/mol. The Kier molecular flexibility index (Phi) is 3.90. The lowest BCUT2D eigenvalue weighted by Gasteiger charge is -2.23. The van der Waals surface area contributed by atoms with E-state index < -0.39 is 0 Å². The molecule has 0 unspecified atom stereocenters. The van der Waals surface area contributed by atoms with E-state index in [1.165, 1.54) is 5.56 Å². The molecular formula is C15H26N5+. The van der Waals surface area contributed by atoms with Crippen LogP contribution in [-0.4, -0.2) is 48.3 Å². The Bertz CT molecular complexity index is 607. The SMILES string of the molecule is CCc1ccc(C)n2nc(NCC[N+](C)(C)C)c(N)c12. The molecule has 0 aliphatic rings. The number of fused-ring (bicyclic) bond motifs is 1. The second kappa shape index (κ2) is 5.32. The first-order valence-corrected chi connectivity index (χ1v) is 7.14. The van der Waals surface area contributed by atoms with Gasteiger partial charge in [0.05, 0.1) is 39.7 Å². The van der Waals surface area contributed by atoms with Crippen molar-refractivity contribution in [1.82, 2.24) is 9.61 Å². The number of aromatic nitrogens is 2. The fourth-order valence-corrected chi connectivity index (χ4v) is 2.29. The smallest absolute Gasteiger partial charge is 0.172 e. The normalized spacial score (nSPS) is 12.1. The minimum Gasteiger partial charge on any atom is -0.394 e. The first-order valence-electron chi connectivity index (χ1n) is 7.14. The molecule has 0 saturated heterocycles. The Hall–Kier alpha value is -1.75. The average Bonchev–Trinajstić information content (AvgIpc) is 2.68. The van der Waals surface area contributed by atoms with Crippen molar-refractivity contribution in [2.45, 2.75) is 20.3 Å². The Balaban J connectivity index is 2.32. The van der Waals surface area contributed by atoms with E-state index in [0.717, 1.165) is 46.7 Å². The highest BCUT2D eigenvalue weighted by Crippen LogP contribution is 2.27. The highest BCUT2D eigenvalue weighted by molar-refractivity contribution is 5.83. The Labute approximate surface area is 121 Å². The molecule has 0 amide bonds. The van der Waals surface area contributed by atoms with Crippen LogP contribution in [0.4, 0.5) is 11.5 Å². The van der Waals surface area contributed by atoms with Gasteiger partial charge in [-0.3, -0.25) is 0 Å². The summed E-state index contributed by atoms with van der Waals surface area (Å²) in [5.74, 6) is 0.794. The van der Waals surface area contributed by atoms with Crippen LogP contribution in [0, 0.1) is 6.92 Å². The molecule has 2 aromatic heterocycles. The molecule has 0 bridgehead atoms. The summed E-state index contributed by atoms with van der Waals surface area (Å²) in [7, 11) is 6.52. The zero-order valence-corrected chi connectivity index (χ0v) is 13.2. The molecule has 0 aromatic carbocycles. The third-order valence-corrected chi connectivity index (χ3v) is 3.54.